The number of aryl methyl sites for hydroxylation is 1. The van der Waals surface area contributed by atoms with Gasteiger partial charge in [-0.3, -0.25) is 4.79 Å². The van der Waals surface area contributed by atoms with Crippen LogP contribution in [0.3, 0.4) is 0 Å². The van der Waals surface area contributed by atoms with Gasteiger partial charge in [-0.25, -0.2) is 0 Å². The van der Waals surface area contributed by atoms with Crippen molar-refractivity contribution in [3.8, 4) is 11.5 Å². The van der Waals surface area contributed by atoms with Crippen LogP contribution >= 0.6 is 23.2 Å². The molecule has 0 atom stereocenters. The molecule has 0 bridgehead atoms. The summed E-state index contributed by atoms with van der Waals surface area (Å²) in [4.78, 5) is 12.0. The number of nitrogens with zero attached hydrogens (tertiary/aromatic N) is 2. The third-order valence-corrected chi connectivity index (χ3v) is 4.10. The Morgan fingerprint density at radius 3 is 2.62 bits per heavy atom. The number of anilines is 1. The lowest BCUT2D eigenvalue weighted by Crippen LogP contribution is -2.12. The highest BCUT2D eigenvalue weighted by Gasteiger charge is 2.12. The molecule has 1 aromatic heterocycles. The Bertz CT molecular complexity index is 850. The number of aromatic nitrogens is 2. The number of rotatable bonds is 5. The third kappa shape index (κ3) is 3.93. The van der Waals surface area contributed by atoms with Gasteiger partial charge in [0.05, 0.1) is 15.7 Å². The maximum absolute atomic E-state index is 12.0. The first-order chi connectivity index (χ1) is 11.6. The second kappa shape index (κ2) is 7.47. The molecule has 7 heteroatoms. The van der Waals surface area contributed by atoms with Crippen molar-refractivity contribution in [2.24, 2.45) is 0 Å². The fraction of sp³-hybridized carbons (Fsp3) is 0.118. The van der Waals surface area contributed by atoms with E-state index < -0.39 is 0 Å². The van der Waals surface area contributed by atoms with Gasteiger partial charge in [-0.2, -0.15) is 0 Å². The zero-order chi connectivity index (χ0) is 16.9. The second-order valence-corrected chi connectivity index (χ2v) is 5.80. The summed E-state index contributed by atoms with van der Waals surface area (Å²) in [6.07, 6.45) is 0.531. The van der Waals surface area contributed by atoms with Gasteiger partial charge in [-0.1, -0.05) is 47.5 Å². The summed E-state index contributed by atoms with van der Waals surface area (Å²) >= 11 is 12.0. The van der Waals surface area contributed by atoms with Gasteiger partial charge in [-0.05, 0) is 24.3 Å². The zero-order valence-electron chi connectivity index (χ0n) is 12.5. The smallest absolute Gasteiger partial charge is 0.247 e. The van der Waals surface area contributed by atoms with Crippen molar-refractivity contribution in [3.05, 3.63) is 64.5 Å². The van der Waals surface area contributed by atoms with E-state index in [-0.39, 0.29) is 12.3 Å². The molecule has 122 valence electrons. The van der Waals surface area contributed by atoms with Gasteiger partial charge in [-0.15, -0.1) is 10.2 Å². The van der Waals surface area contributed by atoms with E-state index in [9.17, 15) is 4.79 Å². The van der Waals surface area contributed by atoms with Crippen LogP contribution in [0.15, 0.2) is 52.9 Å². The highest BCUT2D eigenvalue weighted by Crippen LogP contribution is 2.29. The van der Waals surface area contributed by atoms with Gasteiger partial charge >= 0.3 is 0 Å². The maximum Gasteiger partial charge on any atom is 0.247 e. The molecular formula is C17H13Cl2N3O2. The van der Waals surface area contributed by atoms with E-state index in [0.29, 0.717) is 33.9 Å². The maximum atomic E-state index is 12.0. The highest BCUT2D eigenvalue weighted by atomic mass is 35.5. The fourth-order valence-corrected chi connectivity index (χ4v) is 2.43. The Labute approximate surface area is 148 Å². The van der Waals surface area contributed by atoms with E-state index in [2.05, 4.69) is 15.5 Å². The lowest BCUT2D eigenvalue weighted by Gasteiger charge is -2.07. The van der Waals surface area contributed by atoms with E-state index in [1.807, 2.05) is 30.3 Å². The fourth-order valence-electron chi connectivity index (χ4n) is 2.09. The summed E-state index contributed by atoms with van der Waals surface area (Å²) in [5.41, 5.74) is 1.32. The van der Waals surface area contributed by atoms with Crippen LogP contribution < -0.4 is 5.32 Å². The first-order valence-electron chi connectivity index (χ1n) is 7.25. The van der Waals surface area contributed by atoms with Crippen LogP contribution in [-0.2, 0) is 11.2 Å². The van der Waals surface area contributed by atoms with Gasteiger partial charge in [0, 0.05) is 18.4 Å². The molecule has 1 amide bonds. The quantitative estimate of drug-likeness (QED) is 0.719. The van der Waals surface area contributed by atoms with Crippen molar-refractivity contribution < 1.29 is 9.21 Å². The molecule has 2 aromatic carbocycles. The van der Waals surface area contributed by atoms with Crippen LogP contribution in [0.1, 0.15) is 12.3 Å². The first-order valence-corrected chi connectivity index (χ1v) is 8.01. The predicted molar refractivity (Wildman–Crippen MR) is 93.1 cm³/mol. The molecule has 0 unspecified atom stereocenters. The minimum atomic E-state index is -0.210. The van der Waals surface area contributed by atoms with Crippen LogP contribution in [0.25, 0.3) is 11.5 Å². The summed E-state index contributed by atoms with van der Waals surface area (Å²) in [5.74, 6) is 0.628. The highest BCUT2D eigenvalue weighted by molar-refractivity contribution is 6.43. The molecule has 0 saturated carbocycles. The van der Waals surface area contributed by atoms with E-state index in [1.54, 1.807) is 18.2 Å². The Morgan fingerprint density at radius 1 is 1.04 bits per heavy atom. The largest absolute Gasteiger partial charge is 0.421 e. The zero-order valence-corrected chi connectivity index (χ0v) is 14.0. The number of hydrogen-bond acceptors (Lipinski definition) is 4. The summed E-state index contributed by atoms with van der Waals surface area (Å²) in [7, 11) is 0. The van der Waals surface area contributed by atoms with E-state index in [1.165, 1.54) is 0 Å². The standard InChI is InChI=1S/C17H13Cl2N3O2/c18-12-7-4-8-13(16(12)19)20-14(23)9-10-15-21-22-17(24-15)11-5-2-1-3-6-11/h1-8H,9-10H2,(H,20,23). The molecule has 0 saturated heterocycles. The summed E-state index contributed by atoms with van der Waals surface area (Å²) < 4.78 is 5.56. The molecule has 1 N–H and O–H groups in total. The van der Waals surface area contributed by atoms with Crippen LogP contribution in [0, 0.1) is 0 Å². The van der Waals surface area contributed by atoms with Crippen molar-refractivity contribution in [3.63, 3.8) is 0 Å². The summed E-state index contributed by atoms with van der Waals surface area (Å²) in [6.45, 7) is 0. The molecule has 0 fully saturated rings. The van der Waals surface area contributed by atoms with Crippen LogP contribution in [0.5, 0.6) is 0 Å². The van der Waals surface area contributed by atoms with Crippen molar-refractivity contribution in [2.75, 3.05) is 5.32 Å². The van der Waals surface area contributed by atoms with Gasteiger partial charge in [0.15, 0.2) is 0 Å². The van der Waals surface area contributed by atoms with Crippen LogP contribution in [0.2, 0.25) is 10.0 Å². The molecule has 0 aliphatic heterocycles. The molecule has 0 aliphatic carbocycles. The van der Waals surface area contributed by atoms with E-state index >= 15 is 0 Å². The van der Waals surface area contributed by atoms with Crippen molar-refractivity contribution in [1.29, 1.82) is 0 Å². The third-order valence-electron chi connectivity index (χ3n) is 3.28. The Morgan fingerprint density at radius 2 is 1.83 bits per heavy atom. The van der Waals surface area contributed by atoms with E-state index in [4.69, 9.17) is 27.6 Å². The van der Waals surface area contributed by atoms with Crippen molar-refractivity contribution in [1.82, 2.24) is 10.2 Å². The number of carbonyl (C=O) groups excluding carboxylic acids is 1. The van der Waals surface area contributed by atoms with E-state index in [0.717, 1.165) is 5.56 Å². The monoisotopic (exact) mass is 361 g/mol. The number of hydrogen-bond donors (Lipinski definition) is 1. The average molecular weight is 362 g/mol. The molecule has 5 nitrogen and oxygen atoms in total. The van der Waals surface area contributed by atoms with Crippen molar-refractivity contribution in [2.45, 2.75) is 12.8 Å². The first kappa shape index (κ1) is 16.5. The number of halogens is 2. The van der Waals surface area contributed by atoms with Crippen LogP contribution in [-0.4, -0.2) is 16.1 Å². The van der Waals surface area contributed by atoms with Gasteiger partial charge in [0.2, 0.25) is 17.7 Å². The van der Waals surface area contributed by atoms with Crippen LogP contribution in [0.4, 0.5) is 5.69 Å². The Balaban J connectivity index is 1.59. The SMILES string of the molecule is O=C(CCc1nnc(-c2ccccc2)o1)Nc1cccc(Cl)c1Cl. The number of nitrogens with one attached hydrogen (secondary N) is 1. The summed E-state index contributed by atoms with van der Waals surface area (Å²) in [6, 6.07) is 14.5. The topological polar surface area (TPSA) is 68.0 Å². The molecular weight excluding hydrogens is 349 g/mol. The second-order valence-electron chi connectivity index (χ2n) is 5.02. The minimum Gasteiger partial charge on any atom is -0.421 e. The molecule has 0 aliphatic rings. The Hall–Kier alpha value is -2.37. The lowest BCUT2D eigenvalue weighted by atomic mass is 10.2. The average Bonchev–Trinajstić information content (AvgIpc) is 3.07. The Kier molecular flexibility index (Phi) is 5.13. The number of amides is 1. The predicted octanol–water partition coefficient (Wildman–Crippen LogP) is 4.61. The van der Waals surface area contributed by atoms with Gasteiger partial charge in [0.1, 0.15) is 0 Å². The molecule has 1 heterocycles. The lowest BCUT2D eigenvalue weighted by molar-refractivity contribution is -0.116. The van der Waals surface area contributed by atoms with Gasteiger partial charge < -0.3 is 9.73 Å². The normalized spacial score (nSPS) is 10.6. The van der Waals surface area contributed by atoms with Crippen molar-refractivity contribution >= 4 is 34.8 Å². The number of carbonyl (C=O) groups is 1. The summed E-state index contributed by atoms with van der Waals surface area (Å²) in [5, 5.41) is 11.4. The minimum absolute atomic E-state index is 0.194. The molecule has 3 rings (SSSR count). The molecule has 24 heavy (non-hydrogen) atoms. The number of benzene rings is 2. The molecule has 0 radical (unpaired) electrons. The van der Waals surface area contributed by atoms with Gasteiger partial charge in [0.25, 0.3) is 0 Å². The molecule has 0 spiro atoms. The molecule has 3 aromatic rings.